The maximum Gasteiger partial charge on any atom is 2.00 e. The van der Waals surface area contributed by atoms with Crippen molar-refractivity contribution in [3.05, 3.63) is 206 Å². The van der Waals surface area contributed by atoms with E-state index in [1.165, 1.54) is 42.1 Å². The first-order valence-electron chi connectivity index (χ1n) is 20.1. The van der Waals surface area contributed by atoms with E-state index in [0.717, 1.165) is 54.5 Å². The van der Waals surface area contributed by atoms with Gasteiger partial charge in [0.25, 0.3) is 0 Å². The van der Waals surface area contributed by atoms with Crippen molar-refractivity contribution in [3.63, 3.8) is 0 Å². The predicted molar refractivity (Wildman–Crippen MR) is 246 cm³/mol. The summed E-state index contributed by atoms with van der Waals surface area (Å²) in [7, 11) is -3.10. The second-order valence-corrected chi connectivity index (χ2v) is 20.8. The number of para-hydroxylation sites is 1. The van der Waals surface area contributed by atoms with E-state index in [0.29, 0.717) is 0 Å². The summed E-state index contributed by atoms with van der Waals surface area (Å²) in [5.74, 6) is 0. The fourth-order valence-electron chi connectivity index (χ4n) is 10.0. The average molecular weight is 895 g/mol. The van der Waals surface area contributed by atoms with Crippen LogP contribution >= 0.6 is 11.8 Å². The molecule has 0 amide bonds. The van der Waals surface area contributed by atoms with Gasteiger partial charge in [0.15, 0.2) is 0 Å². The van der Waals surface area contributed by atoms with Gasteiger partial charge in [-0.25, -0.2) is 4.98 Å². The van der Waals surface area contributed by atoms with Crippen LogP contribution in [-0.4, -0.2) is 27.0 Å². The summed E-state index contributed by atoms with van der Waals surface area (Å²) in [6.45, 7) is 4.74. The Hall–Kier alpha value is -6.07. The molecule has 4 aromatic heterocycles. The Morgan fingerprint density at radius 1 is 0.550 bits per heavy atom. The van der Waals surface area contributed by atoms with Crippen molar-refractivity contribution in [2.45, 2.75) is 29.1 Å². The van der Waals surface area contributed by atoms with Crippen LogP contribution < -0.4 is 20.7 Å². The third kappa shape index (κ3) is 5.20. The van der Waals surface area contributed by atoms with Crippen LogP contribution in [0.3, 0.4) is 0 Å². The van der Waals surface area contributed by atoms with E-state index in [-0.39, 0.29) is 25.8 Å². The van der Waals surface area contributed by atoms with E-state index >= 15 is 0 Å². The number of fused-ring (bicyclic) bond motifs is 12. The number of benzene rings is 7. The van der Waals surface area contributed by atoms with Crippen LogP contribution in [0.4, 0.5) is 0 Å². The van der Waals surface area contributed by atoms with E-state index in [1.807, 2.05) is 24.2 Å². The van der Waals surface area contributed by atoms with Crippen LogP contribution in [0.1, 0.15) is 25.0 Å². The summed E-state index contributed by atoms with van der Waals surface area (Å²) in [5.41, 5.74) is 7.58. The molecule has 0 saturated carbocycles. The van der Waals surface area contributed by atoms with Gasteiger partial charge in [-0.05, 0) is 63.3 Å². The molecule has 4 nitrogen and oxygen atoms in total. The van der Waals surface area contributed by atoms with Gasteiger partial charge in [0.2, 0.25) is 0 Å². The minimum Gasteiger partial charge on any atom is -0.340 e. The zero-order valence-corrected chi connectivity index (χ0v) is 36.2. The molecule has 0 fully saturated rings. The molecule has 5 heterocycles. The molecule has 1 aliphatic rings. The molecule has 12 rings (SSSR count). The third-order valence-corrected chi connectivity index (χ3v) is 18.3. The topological polar surface area (TPSA) is 35.1 Å². The van der Waals surface area contributed by atoms with Crippen LogP contribution in [0.15, 0.2) is 192 Å². The first-order valence-corrected chi connectivity index (χ1v) is 22.9. The Labute approximate surface area is 367 Å². The maximum atomic E-state index is 5.12. The largest absolute Gasteiger partial charge is 2.00 e. The zero-order valence-electron chi connectivity index (χ0n) is 32.8. The van der Waals surface area contributed by atoms with Crippen LogP contribution in [0, 0.1) is 12.1 Å². The smallest absolute Gasteiger partial charge is 0.340 e. The fourth-order valence-corrected chi connectivity index (χ4v) is 16.0. The second kappa shape index (κ2) is 14.0. The summed E-state index contributed by atoms with van der Waals surface area (Å²) < 4.78 is 4.54. The van der Waals surface area contributed by atoms with Crippen LogP contribution in [-0.2, 0) is 25.8 Å². The molecule has 1 aliphatic heterocycles. The summed E-state index contributed by atoms with van der Waals surface area (Å²) in [4.78, 5) is 12.7. The van der Waals surface area contributed by atoms with Gasteiger partial charge in [-0.1, -0.05) is 134 Å². The number of imidazole rings is 1. The molecular weight excluding hydrogens is 859 g/mol. The molecule has 0 bridgehead atoms. The predicted octanol–water partition coefficient (Wildman–Crippen LogP) is 9.90. The van der Waals surface area contributed by atoms with Crippen molar-refractivity contribution in [2.75, 3.05) is 0 Å². The normalized spacial score (nSPS) is 13.4. The number of hydrogen-bond acceptors (Lipinski definition) is 3. The molecule has 0 radical (unpaired) electrons. The summed E-state index contributed by atoms with van der Waals surface area (Å²) in [6.07, 6.45) is 5.87. The standard InChI is InChI=1S/C53H36N4SSi.Pd/c1-53(2)44-23-10-12-25-47(44)58-48-29-28-46-49(50(48)53)42-22-14-30-54-52(42)57(46)35-15-13-20-38(33-35)59(36-16-5-3-6-17-36,37-18-7-4-8-19-37)39-26-27-40-41-21-9-11-24-45(41)56-32-31-55-51(56)43(40)34-39;/h3-32H,1-2H3;/q-2;+2. The second-order valence-electron chi connectivity index (χ2n) is 16.0. The Bertz CT molecular complexity index is 3430. The van der Waals surface area contributed by atoms with Crippen molar-refractivity contribution in [3.8, 4) is 5.69 Å². The van der Waals surface area contributed by atoms with Crippen molar-refractivity contribution in [1.29, 1.82) is 0 Å². The molecule has 0 saturated heterocycles. The summed E-state index contributed by atoms with van der Waals surface area (Å²) in [5, 5.41) is 10.6. The van der Waals surface area contributed by atoms with E-state index in [4.69, 9.17) is 9.97 Å². The molecule has 7 heteroatoms. The van der Waals surface area contributed by atoms with Gasteiger partial charge in [0.05, 0.1) is 11.2 Å². The van der Waals surface area contributed by atoms with Crippen molar-refractivity contribution in [2.24, 2.45) is 0 Å². The van der Waals surface area contributed by atoms with Crippen LogP contribution in [0.2, 0.25) is 0 Å². The minimum absolute atomic E-state index is 0. The van der Waals surface area contributed by atoms with Gasteiger partial charge in [-0.15, -0.1) is 34.8 Å². The number of pyridine rings is 2. The molecule has 0 N–H and O–H groups in total. The van der Waals surface area contributed by atoms with Gasteiger partial charge in [0, 0.05) is 50.1 Å². The average Bonchev–Trinajstić information content (AvgIpc) is 3.92. The molecule has 288 valence electrons. The Morgan fingerprint density at radius 3 is 2.07 bits per heavy atom. The van der Waals surface area contributed by atoms with Crippen molar-refractivity contribution < 1.29 is 20.4 Å². The zero-order chi connectivity index (χ0) is 39.3. The SMILES string of the molecule is CC1(C)c2ccccc2Sc2ccc3c(c21)c1cccnc1n3-c1[c-]c([Si](c2[c-]c3c(cc2)c2ccccc2n2ccnc32)(c2ccccc2)c2ccccc2)ccc1.[Pd+2]. The minimum atomic E-state index is -3.10. The fraction of sp³-hybridized carbons (Fsp3) is 0.0566. The Morgan fingerprint density at radius 2 is 1.25 bits per heavy atom. The third-order valence-electron chi connectivity index (χ3n) is 12.6. The Balaban J connectivity index is 0.00000408. The Kier molecular flexibility index (Phi) is 8.63. The van der Waals surface area contributed by atoms with Gasteiger partial charge in [-0.3, -0.25) is 4.98 Å². The molecule has 11 aromatic rings. The molecule has 0 spiro atoms. The van der Waals surface area contributed by atoms with Gasteiger partial charge >= 0.3 is 20.4 Å². The van der Waals surface area contributed by atoms with E-state index in [9.17, 15) is 0 Å². The molecule has 0 aliphatic carbocycles. The molecule has 0 unspecified atom stereocenters. The monoisotopic (exact) mass is 894 g/mol. The molecule has 0 atom stereocenters. The molecule has 7 aromatic carbocycles. The van der Waals surface area contributed by atoms with E-state index in [2.05, 4.69) is 205 Å². The van der Waals surface area contributed by atoms with Crippen molar-refractivity contribution in [1.82, 2.24) is 18.9 Å². The van der Waals surface area contributed by atoms with E-state index < -0.39 is 8.07 Å². The van der Waals surface area contributed by atoms with E-state index in [1.54, 1.807) is 0 Å². The number of nitrogens with zero attached hydrogens (tertiary/aromatic N) is 4. The first-order chi connectivity index (χ1) is 29.0. The number of rotatable bonds is 5. The summed E-state index contributed by atoms with van der Waals surface area (Å²) in [6, 6.07) is 68.0. The quantitative estimate of drug-likeness (QED) is 0.0748. The van der Waals surface area contributed by atoms with Gasteiger partial charge in [0.1, 0.15) is 13.7 Å². The maximum absolute atomic E-state index is 5.12. The van der Waals surface area contributed by atoms with Crippen LogP contribution in [0.5, 0.6) is 0 Å². The number of aromatic nitrogens is 4. The first kappa shape index (κ1) is 37.0. The van der Waals surface area contributed by atoms with Gasteiger partial charge in [-0.2, -0.15) is 23.4 Å². The number of hydrogen-bond donors (Lipinski definition) is 0. The molecular formula is C53H36N4PdSSi. The van der Waals surface area contributed by atoms with Crippen molar-refractivity contribution >= 4 is 89.8 Å². The summed E-state index contributed by atoms with van der Waals surface area (Å²) >= 11 is 1.87. The van der Waals surface area contributed by atoms with Crippen LogP contribution in [0.25, 0.3) is 54.9 Å². The van der Waals surface area contributed by atoms with Gasteiger partial charge < -0.3 is 8.97 Å². The molecule has 60 heavy (non-hydrogen) atoms.